The van der Waals surface area contributed by atoms with E-state index in [1.54, 1.807) is 18.4 Å². The van der Waals surface area contributed by atoms with E-state index in [0.717, 1.165) is 17.9 Å². The molecule has 1 heterocycles. The molecule has 19 heavy (non-hydrogen) atoms. The lowest BCUT2D eigenvalue weighted by Gasteiger charge is -2.23. The number of ether oxygens (including phenoxy) is 1. The molecule has 3 nitrogen and oxygen atoms in total. The van der Waals surface area contributed by atoms with Gasteiger partial charge in [0.15, 0.2) is 0 Å². The van der Waals surface area contributed by atoms with Crippen molar-refractivity contribution in [3.05, 3.63) is 52.2 Å². The van der Waals surface area contributed by atoms with E-state index in [1.165, 1.54) is 5.56 Å². The van der Waals surface area contributed by atoms with Crippen LogP contribution in [-0.4, -0.2) is 18.8 Å². The first-order valence-corrected chi connectivity index (χ1v) is 7.15. The predicted octanol–water partition coefficient (Wildman–Crippen LogP) is 2.75. The van der Waals surface area contributed by atoms with Crippen LogP contribution in [0.25, 0.3) is 0 Å². The summed E-state index contributed by atoms with van der Waals surface area (Å²) in [5.74, 6) is 0.856. The van der Waals surface area contributed by atoms with Gasteiger partial charge in [0.1, 0.15) is 5.75 Å². The molecule has 1 atom stereocenters. The fourth-order valence-electron chi connectivity index (χ4n) is 1.87. The van der Waals surface area contributed by atoms with Crippen LogP contribution in [0.3, 0.4) is 0 Å². The van der Waals surface area contributed by atoms with Gasteiger partial charge in [0.05, 0.1) is 12.7 Å². The van der Waals surface area contributed by atoms with Crippen LogP contribution >= 0.6 is 11.3 Å². The van der Waals surface area contributed by atoms with E-state index in [9.17, 15) is 5.11 Å². The Morgan fingerprint density at radius 1 is 1.26 bits per heavy atom. The molecule has 2 N–H and O–H groups in total. The molecule has 1 aromatic heterocycles. The van der Waals surface area contributed by atoms with Crippen molar-refractivity contribution in [3.63, 3.8) is 0 Å². The number of nitrogens with one attached hydrogen (secondary N) is 1. The standard InChI is InChI=1S/C15H19NO2S/c1-15(17,13-7-8-19-10-13)11-16-9-12-3-5-14(18-2)6-4-12/h3-8,10,16-17H,9,11H2,1-2H3. The normalized spacial score (nSPS) is 14.1. The molecule has 0 radical (unpaired) electrons. The number of thiophene rings is 1. The topological polar surface area (TPSA) is 41.5 Å². The Labute approximate surface area is 117 Å². The van der Waals surface area contributed by atoms with Crippen molar-refractivity contribution in [2.24, 2.45) is 0 Å². The lowest BCUT2D eigenvalue weighted by molar-refractivity contribution is 0.0571. The van der Waals surface area contributed by atoms with Crippen LogP contribution in [0.5, 0.6) is 5.75 Å². The molecule has 0 amide bonds. The molecule has 4 heteroatoms. The molecule has 0 saturated carbocycles. The fraction of sp³-hybridized carbons (Fsp3) is 0.333. The van der Waals surface area contributed by atoms with E-state index in [0.29, 0.717) is 6.54 Å². The van der Waals surface area contributed by atoms with Crippen LogP contribution in [0, 0.1) is 0 Å². The molecule has 1 aromatic carbocycles. The van der Waals surface area contributed by atoms with Crippen molar-refractivity contribution < 1.29 is 9.84 Å². The molecule has 0 aliphatic rings. The van der Waals surface area contributed by atoms with E-state index < -0.39 is 5.60 Å². The lowest BCUT2D eigenvalue weighted by Crippen LogP contribution is -2.34. The van der Waals surface area contributed by atoms with E-state index in [-0.39, 0.29) is 0 Å². The molecule has 0 aliphatic heterocycles. The van der Waals surface area contributed by atoms with E-state index in [4.69, 9.17) is 4.74 Å². The highest BCUT2D eigenvalue weighted by Gasteiger charge is 2.22. The van der Waals surface area contributed by atoms with Gasteiger partial charge < -0.3 is 15.2 Å². The molecule has 0 bridgehead atoms. The molecule has 102 valence electrons. The van der Waals surface area contributed by atoms with Crippen LogP contribution in [0.1, 0.15) is 18.1 Å². The SMILES string of the molecule is COc1ccc(CNCC(C)(O)c2ccsc2)cc1. The summed E-state index contributed by atoms with van der Waals surface area (Å²) in [5.41, 5.74) is 1.30. The van der Waals surface area contributed by atoms with Crippen molar-refractivity contribution in [2.45, 2.75) is 19.1 Å². The Hall–Kier alpha value is -1.36. The second-order valence-corrected chi connectivity index (χ2v) is 5.52. The van der Waals surface area contributed by atoms with Gasteiger partial charge in [0.25, 0.3) is 0 Å². The van der Waals surface area contributed by atoms with E-state index in [2.05, 4.69) is 5.32 Å². The van der Waals surface area contributed by atoms with Crippen LogP contribution < -0.4 is 10.1 Å². The Morgan fingerprint density at radius 3 is 2.58 bits per heavy atom. The highest BCUT2D eigenvalue weighted by Crippen LogP contribution is 2.22. The summed E-state index contributed by atoms with van der Waals surface area (Å²) in [6.45, 7) is 3.08. The first-order chi connectivity index (χ1) is 9.12. The Kier molecular flexibility index (Phi) is 4.58. The van der Waals surface area contributed by atoms with Gasteiger partial charge in [-0.15, -0.1) is 0 Å². The third-order valence-corrected chi connectivity index (χ3v) is 3.78. The van der Waals surface area contributed by atoms with Gasteiger partial charge in [-0.25, -0.2) is 0 Å². The minimum atomic E-state index is -0.827. The summed E-state index contributed by atoms with van der Waals surface area (Å²) >= 11 is 1.60. The number of hydrogen-bond acceptors (Lipinski definition) is 4. The first kappa shape index (κ1) is 14.1. The van der Waals surface area contributed by atoms with Crippen molar-refractivity contribution in [1.29, 1.82) is 0 Å². The Morgan fingerprint density at radius 2 is 2.00 bits per heavy atom. The molecule has 0 fully saturated rings. The largest absolute Gasteiger partial charge is 0.497 e. The van der Waals surface area contributed by atoms with Gasteiger partial charge in [-0.1, -0.05) is 12.1 Å². The second kappa shape index (κ2) is 6.19. The Balaban J connectivity index is 1.86. The minimum Gasteiger partial charge on any atom is -0.497 e. The predicted molar refractivity (Wildman–Crippen MR) is 78.6 cm³/mol. The maximum atomic E-state index is 10.4. The van der Waals surface area contributed by atoms with Crippen LogP contribution in [0.15, 0.2) is 41.1 Å². The van der Waals surface area contributed by atoms with Crippen molar-refractivity contribution in [1.82, 2.24) is 5.32 Å². The number of rotatable bonds is 6. The molecule has 0 saturated heterocycles. The molecule has 1 unspecified atom stereocenters. The van der Waals surface area contributed by atoms with E-state index >= 15 is 0 Å². The van der Waals surface area contributed by atoms with Gasteiger partial charge >= 0.3 is 0 Å². The van der Waals surface area contributed by atoms with Crippen LogP contribution in [-0.2, 0) is 12.1 Å². The summed E-state index contributed by atoms with van der Waals surface area (Å²) in [6, 6.07) is 9.87. The Bertz CT molecular complexity index is 491. The zero-order chi connectivity index (χ0) is 13.7. The van der Waals surface area contributed by atoms with Crippen molar-refractivity contribution in [2.75, 3.05) is 13.7 Å². The zero-order valence-corrected chi connectivity index (χ0v) is 12.0. The molecule has 2 rings (SSSR count). The van der Waals surface area contributed by atoms with Gasteiger partial charge in [-0.05, 0) is 47.0 Å². The van der Waals surface area contributed by atoms with Crippen LogP contribution in [0.2, 0.25) is 0 Å². The van der Waals surface area contributed by atoms with Gasteiger partial charge in [-0.3, -0.25) is 0 Å². The van der Waals surface area contributed by atoms with Gasteiger partial charge in [-0.2, -0.15) is 11.3 Å². The smallest absolute Gasteiger partial charge is 0.118 e. The fourth-order valence-corrected chi connectivity index (χ4v) is 2.65. The summed E-state index contributed by atoms with van der Waals surface area (Å²) in [4.78, 5) is 0. The number of methoxy groups -OCH3 is 1. The second-order valence-electron chi connectivity index (χ2n) is 4.74. The quantitative estimate of drug-likeness (QED) is 0.853. The average molecular weight is 277 g/mol. The third kappa shape index (κ3) is 3.80. The maximum Gasteiger partial charge on any atom is 0.118 e. The summed E-state index contributed by atoms with van der Waals surface area (Å²) < 4.78 is 5.12. The molecule has 2 aromatic rings. The maximum absolute atomic E-state index is 10.4. The number of benzene rings is 1. The molecule has 0 spiro atoms. The molecule has 0 aliphatic carbocycles. The third-order valence-electron chi connectivity index (χ3n) is 3.10. The summed E-state index contributed by atoms with van der Waals surface area (Å²) in [7, 11) is 1.66. The number of hydrogen-bond donors (Lipinski definition) is 2. The summed E-state index contributed by atoms with van der Waals surface area (Å²) in [5, 5.41) is 17.6. The first-order valence-electron chi connectivity index (χ1n) is 6.20. The van der Waals surface area contributed by atoms with Crippen molar-refractivity contribution >= 4 is 11.3 Å². The van der Waals surface area contributed by atoms with Crippen molar-refractivity contribution in [3.8, 4) is 5.75 Å². The molecular weight excluding hydrogens is 258 g/mol. The average Bonchev–Trinajstić information content (AvgIpc) is 2.94. The minimum absolute atomic E-state index is 0.524. The van der Waals surface area contributed by atoms with Gasteiger partial charge in [0.2, 0.25) is 0 Å². The number of aliphatic hydroxyl groups is 1. The molecular formula is C15H19NO2S. The highest BCUT2D eigenvalue weighted by molar-refractivity contribution is 7.08. The highest BCUT2D eigenvalue weighted by atomic mass is 32.1. The summed E-state index contributed by atoms with van der Waals surface area (Å²) in [6.07, 6.45) is 0. The van der Waals surface area contributed by atoms with E-state index in [1.807, 2.05) is 48.0 Å². The monoisotopic (exact) mass is 277 g/mol. The van der Waals surface area contributed by atoms with Crippen LogP contribution in [0.4, 0.5) is 0 Å². The lowest BCUT2D eigenvalue weighted by atomic mass is 9.99. The zero-order valence-electron chi connectivity index (χ0n) is 11.2. The van der Waals surface area contributed by atoms with Gasteiger partial charge in [0, 0.05) is 13.1 Å².